The van der Waals surface area contributed by atoms with E-state index in [-0.39, 0.29) is 5.56 Å². The molecule has 0 unspecified atom stereocenters. The summed E-state index contributed by atoms with van der Waals surface area (Å²) >= 11 is 0. The van der Waals surface area contributed by atoms with Crippen LogP contribution in [0.1, 0.15) is 22.8 Å². The molecule has 4 nitrogen and oxygen atoms in total. The molecule has 0 spiro atoms. The van der Waals surface area contributed by atoms with E-state index in [0.717, 1.165) is 22.4 Å². The van der Waals surface area contributed by atoms with E-state index in [4.69, 9.17) is 14.6 Å². The zero-order valence-corrected chi connectivity index (χ0v) is 12.3. The van der Waals surface area contributed by atoms with E-state index in [1.165, 1.54) is 0 Å². The third-order valence-corrected chi connectivity index (χ3v) is 3.23. The predicted octanol–water partition coefficient (Wildman–Crippen LogP) is 3.77. The highest BCUT2D eigenvalue weighted by molar-refractivity contribution is 5.90. The molecule has 21 heavy (non-hydrogen) atoms. The minimum atomic E-state index is -0.954. The lowest BCUT2D eigenvalue weighted by molar-refractivity contribution is 0.0697. The van der Waals surface area contributed by atoms with Gasteiger partial charge in [0.15, 0.2) is 0 Å². The largest absolute Gasteiger partial charge is 0.496 e. The van der Waals surface area contributed by atoms with Gasteiger partial charge in [0.25, 0.3) is 0 Å². The number of rotatable bonds is 5. The number of methoxy groups -OCH3 is 1. The third-order valence-electron chi connectivity index (χ3n) is 3.23. The van der Waals surface area contributed by atoms with Gasteiger partial charge >= 0.3 is 5.97 Å². The summed E-state index contributed by atoms with van der Waals surface area (Å²) in [5, 5.41) is 9.15. The zero-order valence-electron chi connectivity index (χ0n) is 12.3. The summed E-state index contributed by atoms with van der Waals surface area (Å²) in [5.74, 6) is 0.516. The maximum atomic E-state index is 11.2. The van der Waals surface area contributed by atoms with Crippen molar-refractivity contribution in [1.29, 1.82) is 0 Å². The van der Waals surface area contributed by atoms with Gasteiger partial charge in [-0.2, -0.15) is 0 Å². The van der Waals surface area contributed by atoms with Gasteiger partial charge in [-0.1, -0.05) is 6.07 Å². The van der Waals surface area contributed by atoms with Crippen LogP contribution in [-0.4, -0.2) is 24.8 Å². The van der Waals surface area contributed by atoms with Crippen molar-refractivity contribution >= 4 is 5.97 Å². The molecule has 2 aromatic rings. The number of carbonyl (C=O) groups is 1. The molecule has 0 aromatic heterocycles. The van der Waals surface area contributed by atoms with Crippen LogP contribution in [0, 0.1) is 6.92 Å². The van der Waals surface area contributed by atoms with Crippen LogP contribution >= 0.6 is 0 Å². The zero-order chi connectivity index (χ0) is 15.4. The van der Waals surface area contributed by atoms with Crippen molar-refractivity contribution in [2.75, 3.05) is 13.7 Å². The highest BCUT2D eigenvalue weighted by atomic mass is 16.5. The Balaban J connectivity index is 2.56. The number of hydrogen-bond acceptors (Lipinski definition) is 3. The topological polar surface area (TPSA) is 55.8 Å². The van der Waals surface area contributed by atoms with Gasteiger partial charge in [-0.3, -0.25) is 0 Å². The van der Waals surface area contributed by atoms with Crippen LogP contribution in [0.15, 0.2) is 36.4 Å². The normalized spacial score (nSPS) is 10.2. The molecular formula is C17H18O4. The van der Waals surface area contributed by atoms with Crippen molar-refractivity contribution in [3.8, 4) is 22.6 Å². The molecule has 4 heteroatoms. The second kappa shape index (κ2) is 6.31. The van der Waals surface area contributed by atoms with Crippen molar-refractivity contribution in [2.24, 2.45) is 0 Å². The van der Waals surface area contributed by atoms with Gasteiger partial charge in [0.05, 0.1) is 19.3 Å². The molecule has 0 saturated heterocycles. The Labute approximate surface area is 123 Å². The molecule has 0 aliphatic heterocycles. The number of carboxylic acid groups (broad SMARTS) is 1. The van der Waals surface area contributed by atoms with Gasteiger partial charge in [-0.15, -0.1) is 0 Å². The Kier molecular flexibility index (Phi) is 4.48. The van der Waals surface area contributed by atoms with Crippen LogP contribution in [0.3, 0.4) is 0 Å². The molecule has 0 amide bonds. The fraction of sp³-hybridized carbons (Fsp3) is 0.235. The molecule has 0 radical (unpaired) electrons. The fourth-order valence-electron chi connectivity index (χ4n) is 2.22. The van der Waals surface area contributed by atoms with E-state index in [9.17, 15) is 4.79 Å². The highest BCUT2D eigenvalue weighted by Gasteiger charge is 2.12. The number of benzene rings is 2. The van der Waals surface area contributed by atoms with E-state index in [1.54, 1.807) is 25.3 Å². The molecule has 1 N–H and O–H groups in total. The molecule has 0 atom stereocenters. The van der Waals surface area contributed by atoms with Crippen LogP contribution < -0.4 is 9.47 Å². The van der Waals surface area contributed by atoms with Gasteiger partial charge in [-0.25, -0.2) is 4.79 Å². The summed E-state index contributed by atoms with van der Waals surface area (Å²) in [7, 11) is 1.62. The van der Waals surface area contributed by atoms with Crippen molar-refractivity contribution in [2.45, 2.75) is 13.8 Å². The minimum Gasteiger partial charge on any atom is -0.496 e. The van der Waals surface area contributed by atoms with E-state index >= 15 is 0 Å². The molecule has 0 bridgehead atoms. The van der Waals surface area contributed by atoms with Crippen LogP contribution in [0.5, 0.6) is 11.5 Å². The monoisotopic (exact) mass is 286 g/mol. The number of aromatic carboxylic acids is 1. The summed E-state index contributed by atoms with van der Waals surface area (Å²) in [4.78, 5) is 11.2. The standard InChI is InChI=1S/C17H18O4/c1-4-21-16-8-6-13(17(18)19)10-14(16)12-5-7-15(20-3)11(2)9-12/h5-10H,4H2,1-3H3,(H,18,19). The molecular weight excluding hydrogens is 268 g/mol. The molecule has 110 valence electrons. The first kappa shape index (κ1) is 14.9. The number of aryl methyl sites for hydroxylation is 1. The summed E-state index contributed by atoms with van der Waals surface area (Å²) < 4.78 is 10.8. The van der Waals surface area contributed by atoms with Crippen LogP contribution in [0.25, 0.3) is 11.1 Å². The molecule has 2 aromatic carbocycles. The second-order valence-corrected chi connectivity index (χ2v) is 4.63. The van der Waals surface area contributed by atoms with Gasteiger partial charge in [-0.05, 0) is 55.3 Å². The Morgan fingerprint density at radius 3 is 2.43 bits per heavy atom. The predicted molar refractivity (Wildman–Crippen MR) is 81.3 cm³/mol. The third kappa shape index (κ3) is 3.16. The maximum absolute atomic E-state index is 11.2. The molecule has 0 heterocycles. The number of carboxylic acids is 1. The highest BCUT2D eigenvalue weighted by Crippen LogP contribution is 2.33. The van der Waals surface area contributed by atoms with Gasteiger partial charge in [0.1, 0.15) is 11.5 Å². The fourth-order valence-corrected chi connectivity index (χ4v) is 2.22. The van der Waals surface area contributed by atoms with Crippen molar-refractivity contribution in [3.05, 3.63) is 47.5 Å². The Bertz CT molecular complexity index is 662. The average Bonchev–Trinajstić information content (AvgIpc) is 2.47. The van der Waals surface area contributed by atoms with Gasteiger partial charge in [0, 0.05) is 5.56 Å². The lowest BCUT2D eigenvalue weighted by atomic mass is 10.00. The molecule has 0 aliphatic carbocycles. The molecule has 0 fully saturated rings. The summed E-state index contributed by atoms with van der Waals surface area (Å²) in [6.07, 6.45) is 0. The van der Waals surface area contributed by atoms with E-state index in [2.05, 4.69) is 0 Å². The Morgan fingerprint density at radius 2 is 1.86 bits per heavy atom. The SMILES string of the molecule is CCOc1ccc(C(=O)O)cc1-c1ccc(OC)c(C)c1. The Morgan fingerprint density at radius 1 is 1.14 bits per heavy atom. The molecule has 0 saturated carbocycles. The van der Waals surface area contributed by atoms with E-state index in [1.807, 2.05) is 32.0 Å². The number of ether oxygens (including phenoxy) is 2. The molecule has 0 aliphatic rings. The lowest BCUT2D eigenvalue weighted by Crippen LogP contribution is -2.00. The maximum Gasteiger partial charge on any atom is 0.335 e. The van der Waals surface area contributed by atoms with Crippen molar-refractivity contribution in [1.82, 2.24) is 0 Å². The van der Waals surface area contributed by atoms with Crippen LogP contribution in [-0.2, 0) is 0 Å². The van der Waals surface area contributed by atoms with Crippen molar-refractivity contribution in [3.63, 3.8) is 0 Å². The Hall–Kier alpha value is -2.49. The van der Waals surface area contributed by atoms with Crippen LogP contribution in [0.4, 0.5) is 0 Å². The van der Waals surface area contributed by atoms with Gasteiger partial charge in [0.2, 0.25) is 0 Å². The first-order valence-corrected chi connectivity index (χ1v) is 6.72. The quantitative estimate of drug-likeness (QED) is 0.909. The lowest BCUT2D eigenvalue weighted by Gasteiger charge is -2.13. The van der Waals surface area contributed by atoms with Crippen molar-refractivity contribution < 1.29 is 19.4 Å². The van der Waals surface area contributed by atoms with Crippen LogP contribution in [0.2, 0.25) is 0 Å². The second-order valence-electron chi connectivity index (χ2n) is 4.63. The average molecular weight is 286 g/mol. The van der Waals surface area contributed by atoms with Gasteiger partial charge < -0.3 is 14.6 Å². The summed E-state index contributed by atoms with van der Waals surface area (Å²) in [5.41, 5.74) is 2.89. The summed E-state index contributed by atoms with van der Waals surface area (Å²) in [6.45, 7) is 4.37. The first-order chi connectivity index (χ1) is 10.1. The van der Waals surface area contributed by atoms with E-state index in [0.29, 0.717) is 12.4 Å². The minimum absolute atomic E-state index is 0.238. The number of hydrogen-bond donors (Lipinski definition) is 1. The van der Waals surface area contributed by atoms with E-state index < -0.39 is 5.97 Å². The molecule has 2 rings (SSSR count). The first-order valence-electron chi connectivity index (χ1n) is 6.72. The smallest absolute Gasteiger partial charge is 0.335 e. The summed E-state index contributed by atoms with van der Waals surface area (Å²) in [6, 6.07) is 10.6.